The molecule has 0 bridgehead atoms. The fourth-order valence-corrected chi connectivity index (χ4v) is 4.87. The number of benzene rings is 2. The first kappa shape index (κ1) is 27.1. The Labute approximate surface area is 214 Å². The quantitative estimate of drug-likeness (QED) is 0.447. The highest BCUT2D eigenvalue weighted by molar-refractivity contribution is 5.77. The van der Waals surface area contributed by atoms with E-state index in [1.54, 1.807) is 0 Å². The first-order valence-electron chi connectivity index (χ1n) is 12.8. The maximum absolute atomic E-state index is 12.3. The number of unbranched alkanes of at least 4 members (excludes halogenated alkanes) is 1. The van der Waals surface area contributed by atoms with Crippen molar-refractivity contribution in [3.8, 4) is 5.75 Å². The number of hydrogen-bond donors (Lipinski definition) is 2. The highest BCUT2D eigenvalue weighted by Crippen LogP contribution is 2.50. The molecule has 1 aliphatic rings. The maximum Gasteiger partial charge on any atom is 0.407 e. The molecule has 0 aromatic heterocycles. The average molecular weight is 494 g/mol. The summed E-state index contributed by atoms with van der Waals surface area (Å²) in [6, 6.07) is 19.0. The van der Waals surface area contributed by atoms with Crippen LogP contribution in [-0.2, 0) is 14.9 Å². The minimum Gasteiger partial charge on any atom is -0.484 e. The largest absolute Gasteiger partial charge is 0.484 e. The summed E-state index contributed by atoms with van der Waals surface area (Å²) in [6.07, 6.45) is 4.48. The Morgan fingerprint density at radius 2 is 1.81 bits per heavy atom. The van der Waals surface area contributed by atoms with Crippen LogP contribution in [-0.4, -0.2) is 56.3 Å². The molecule has 1 fully saturated rings. The average Bonchev–Trinajstić information content (AvgIpc) is 3.16. The summed E-state index contributed by atoms with van der Waals surface area (Å²) < 4.78 is 10.9. The number of nitrogens with zero attached hydrogens (tertiary/aromatic N) is 1. The van der Waals surface area contributed by atoms with Crippen LogP contribution in [0.15, 0.2) is 66.4 Å². The predicted octanol–water partition coefficient (Wildman–Crippen LogP) is 4.62. The fourth-order valence-electron chi connectivity index (χ4n) is 4.87. The lowest BCUT2D eigenvalue weighted by Gasteiger charge is -2.33. The van der Waals surface area contributed by atoms with Crippen LogP contribution in [0.1, 0.15) is 51.2 Å². The second-order valence-corrected chi connectivity index (χ2v) is 9.19. The van der Waals surface area contributed by atoms with Crippen LogP contribution in [0, 0.1) is 0 Å². The number of hydrogen-bond acceptors (Lipinski definition) is 5. The molecular weight excluding hydrogens is 454 g/mol. The zero-order valence-electron chi connectivity index (χ0n) is 21.9. The highest BCUT2D eigenvalue weighted by Gasteiger charge is 2.47. The van der Waals surface area contributed by atoms with E-state index in [0.717, 1.165) is 24.8 Å². The van der Waals surface area contributed by atoms with Gasteiger partial charge in [-0.15, -0.1) is 0 Å². The molecular formula is C29H39N3O4. The fraction of sp³-hybridized carbons (Fsp3) is 0.448. The topological polar surface area (TPSA) is 79.9 Å². The van der Waals surface area contributed by atoms with Crippen LogP contribution >= 0.6 is 0 Å². The molecule has 2 atom stereocenters. The summed E-state index contributed by atoms with van der Waals surface area (Å²) in [4.78, 5) is 26.2. The number of rotatable bonds is 11. The van der Waals surface area contributed by atoms with E-state index >= 15 is 0 Å². The number of likely N-dealkylation sites (tertiary alicyclic amines) is 1. The van der Waals surface area contributed by atoms with Gasteiger partial charge < -0.3 is 25.0 Å². The van der Waals surface area contributed by atoms with Crippen molar-refractivity contribution in [1.82, 2.24) is 15.5 Å². The Balaban J connectivity index is 1.63. The summed E-state index contributed by atoms with van der Waals surface area (Å²) in [5, 5.41) is 5.38. The normalized spacial score (nSPS) is 20.3. The molecule has 2 unspecified atom stereocenters. The zero-order chi connectivity index (χ0) is 26.0. The number of alkyl carbamates (subject to hydrolysis) is 1. The first-order valence-corrected chi connectivity index (χ1v) is 12.8. The van der Waals surface area contributed by atoms with E-state index in [-0.39, 0.29) is 17.9 Å². The number of likely N-dealkylation sites (N-methyl/N-ethyl adjacent to an activating group) is 1. The van der Waals surface area contributed by atoms with Gasteiger partial charge in [-0.1, -0.05) is 61.9 Å². The number of allylic oxidation sites excluding steroid dienone is 2. The highest BCUT2D eigenvalue weighted by atomic mass is 16.5. The van der Waals surface area contributed by atoms with Gasteiger partial charge in [0.15, 0.2) is 6.61 Å². The second-order valence-electron chi connectivity index (χ2n) is 9.19. The van der Waals surface area contributed by atoms with Gasteiger partial charge in [0, 0.05) is 31.9 Å². The van der Waals surface area contributed by atoms with Crippen molar-refractivity contribution in [3.63, 3.8) is 0 Å². The van der Waals surface area contributed by atoms with E-state index < -0.39 is 6.09 Å². The van der Waals surface area contributed by atoms with Crippen LogP contribution in [0.3, 0.4) is 0 Å². The predicted molar refractivity (Wildman–Crippen MR) is 142 cm³/mol. The van der Waals surface area contributed by atoms with Crippen molar-refractivity contribution in [2.75, 3.05) is 33.4 Å². The Morgan fingerprint density at radius 3 is 2.53 bits per heavy atom. The van der Waals surface area contributed by atoms with E-state index in [9.17, 15) is 9.59 Å². The van der Waals surface area contributed by atoms with Crippen LogP contribution in [0.4, 0.5) is 4.79 Å². The number of ether oxygens (including phenoxy) is 2. The molecule has 2 amide bonds. The lowest BCUT2D eigenvalue weighted by Crippen LogP contribution is -2.37. The number of amides is 2. The van der Waals surface area contributed by atoms with Gasteiger partial charge in [-0.2, -0.15) is 0 Å². The van der Waals surface area contributed by atoms with Crippen molar-refractivity contribution in [1.29, 1.82) is 0 Å². The van der Waals surface area contributed by atoms with Crippen molar-refractivity contribution >= 4 is 12.0 Å². The molecule has 1 heterocycles. The molecule has 36 heavy (non-hydrogen) atoms. The molecule has 0 saturated carbocycles. The number of carbonyl (C=O) groups is 2. The summed E-state index contributed by atoms with van der Waals surface area (Å²) in [7, 11) is 2.15. The SMILES string of the molecule is C/C=C1\N(C)C(C)CC1(c1ccccc1)c1cccc(OCC(=O)NCCNC(=O)OCCCC)c1. The van der Waals surface area contributed by atoms with Gasteiger partial charge in [0.2, 0.25) is 0 Å². The van der Waals surface area contributed by atoms with E-state index in [2.05, 4.69) is 72.8 Å². The molecule has 0 aliphatic carbocycles. The molecule has 0 spiro atoms. The third-order valence-electron chi connectivity index (χ3n) is 6.76. The van der Waals surface area contributed by atoms with Gasteiger partial charge in [-0.3, -0.25) is 4.79 Å². The Bertz CT molecular complexity index is 1040. The molecule has 2 N–H and O–H groups in total. The van der Waals surface area contributed by atoms with Gasteiger partial charge in [-0.25, -0.2) is 4.79 Å². The van der Waals surface area contributed by atoms with Gasteiger partial charge >= 0.3 is 6.09 Å². The molecule has 7 nitrogen and oxygen atoms in total. The zero-order valence-corrected chi connectivity index (χ0v) is 21.9. The van der Waals surface area contributed by atoms with E-state index in [1.165, 1.54) is 11.3 Å². The van der Waals surface area contributed by atoms with E-state index in [0.29, 0.717) is 31.5 Å². The van der Waals surface area contributed by atoms with Crippen LogP contribution in [0.5, 0.6) is 5.75 Å². The van der Waals surface area contributed by atoms with Gasteiger partial charge in [0.1, 0.15) is 5.75 Å². The van der Waals surface area contributed by atoms with Crippen LogP contribution in [0.2, 0.25) is 0 Å². The molecule has 2 aromatic rings. The third kappa shape index (κ3) is 6.39. The van der Waals surface area contributed by atoms with Crippen molar-refractivity contribution < 1.29 is 19.1 Å². The summed E-state index contributed by atoms with van der Waals surface area (Å²) >= 11 is 0. The van der Waals surface area contributed by atoms with Crippen molar-refractivity contribution in [2.24, 2.45) is 0 Å². The lowest BCUT2D eigenvalue weighted by atomic mass is 9.70. The summed E-state index contributed by atoms with van der Waals surface area (Å²) in [6.45, 7) is 7.27. The van der Waals surface area contributed by atoms with Gasteiger partial charge in [-0.05, 0) is 49.9 Å². The van der Waals surface area contributed by atoms with E-state index in [1.807, 2.05) is 31.2 Å². The number of carbonyl (C=O) groups excluding carboxylic acids is 2. The standard InChI is InChI=1S/C29H39N3O4/c1-5-7-18-35-28(34)31-17-16-30-27(33)21-36-25-15-11-14-24(19-25)29(23-12-9-8-10-13-23)20-22(3)32(4)26(29)6-2/h6,8-15,19,22H,5,7,16-18,20-21H2,1-4H3,(H,30,33)(H,31,34)/b26-6-. The molecule has 2 aromatic carbocycles. The second kappa shape index (κ2) is 13.0. The van der Waals surface area contributed by atoms with Crippen LogP contribution in [0.25, 0.3) is 0 Å². The molecule has 1 saturated heterocycles. The minimum atomic E-state index is -0.467. The van der Waals surface area contributed by atoms with Crippen molar-refractivity contribution in [3.05, 3.63) is 77.5 Å². The van der Waals surface area contributed by atoms with Gasteiger partial charge in [0.05, 0.1) is 12.0 Å². The monoisotopic (exact) mass is 493 g/mol. The minimum absolute atomic E-state index is 0.102. The molecule has 1 aliphatic heterocycles. The molecule has 3 rings (SSSR count). The van der Waals surface area contributed by atoms with E-state index in [4.69, 9.17) is 9.47 Å². The van der Waals surface area contributed by atoms with Crippen molar-refractivity contribution in [2.45, 2.75) is 51.5 Å². The maximum atomic E-state index is 12.3. The summed E-state index contributed by atoms with van der Waals surface area (Å²) in [5.74, 6) is 0.399. The third-order valence-corrected chi connectivity index (χ3v) is 6.76. The summed E-state index contributed by atoms with van der Waals surface area (Å²) in [5.41, 5.74) is 3.35. The molecule has 0 radical (unpaired) electrons. The number of nitrogens with one attached hydrogen (secondary N) is 2. The molecule has 7 heteroatoms. The van der Waals surface area contributed by atoms with Gasteiger partial charge in [0.25, 0.3) is 5.91 Å². The first-order chi connectivity index (χ1) is 17.4. The Morgan fingerprint density at radius 1 is 1.08 bits per heavy atom. The van der Waals surface area contributed by atoms with Crippen LogP contribution < -0.4 is 15.4 Å². The Kier molecular flexibility index (Phi) is 9.79. The Hall–Kier alpha value is -3.48. The molecule has 194 valence electrons. The lowest BCUT2D eigenvalue weighted by molar-refractivity contribution is -0.123. The smallest absolute Gasteiger partial charge is 0.407 e.